The van der Waals surface area contributed by atoms with Gasteiger partial charge in [0.05, 0.1) is 6.26 Å². The number of furan rings is 1. The van der Waals surface area contributed by atoms with Crippen LogP contribution >= 0.6 is 0 Å². The van der Waals surface area contributed by atoms with Crippen LogP contribution in [-0.4, -0.2) is 34.6 Å². The number of benzene rings is 1. The Labute approximate surface area is 162 Å². The van der Waals surface area contributed by atoms with Crippen LogP contribution in [0.1, 0.15) is 29.5 Å². The average molecular weight is 381 g/mol. The van der Waals surface area contributed by atoms with Gasteiger partial charge in [0.1, 0.15) is 5.70 Å². The molecule has 0 aliphatic heterocycles. The third kappa shape index (κ3) is 4.32. The third-order valence-corrected chi connectivity index (χ3v) is 4.32. The summed E-state index contributed by atoms with van der Waals surface area (Å²) in [5, 5.41) is 15.2. The Bertz CT molecular complexity index is 986. The Balaban J connectivity index is 1.95. The number of rotatable bonds is 8. The van der Waals surface area contributed by atoms with Gasteiger partial charge in [-0.3, -0.25) is 9.59 Å². The standard InChI is InChI=1S/C21H23N3O4/c1-2-24-14-15(16-7-3-4-8-18(16)24)13-17(20(26)22-10-6-11-25)23-21(27)19-9-5-12-28-19/h3-5,7-9,12-14,25H,2,6,10-11H2,1H3,(H,22,26)(H,23,27)/b17-13-. The molecule has 0 saturated carbocycles. The molecule has 0 fully saturated rings. The number of para-hydroxylation sites is 1. The van der Waals surface area contributed by atoms with E-state index in [1.54, 1.807) is 12.1 Å². The number of hydrogen-bond donors (Lipinski definition) is 3. The first-order valence-electron chi connectivity index (χ1n) is 9.17. The molecule has 0 spiro atoms. The first-order valence-corrected chi connectivity index (χ1v) is 9.17. The molecule has 2 aromatic heterocycles. The predicted octanol–water partition coefficient (Wildman–Crippen LogP) is 2.52. The second-order valence-corrected chi connectivity index (χ2v) is 6.21. The van der Waals surface area contributed by atoms with Crippen molar-refractivity contribution >= 4 is 28.8 Å². The van der Waals surface area contributed by atoms with Crippen LogP contribution < -0.4 is 10.6 Å². The molecule has 0 radical (unpaired) electrons. The molecule has 2 heterocycles. The van der Waals surface area contributed by atoms with Crippen molar-refractivity contribution in [1.29, 1.82) is 0 Å². The first-order chi connectivity index (χ1) is 13.6. The van der Waals surface area contributed by atoms with Gasteiger partial charge in [0.15, 0.2) is 5.76 Å². The van der Waals surface area contributed by atoms with E-state index in [2.05, 4.69) is 15.2 Å². The van der Waals surface area contributed by atoms with Crippen LogP contribution in [0, 0.1) is 0 Å². The van der Waals surface area contributed by atoms with Gasteiger partial charge < -0.3 is 24.7 Å². The van der Waals surface area contributed by atoms with Crippen molar-refractivity contribution in [2.75, 3.05) is 13.2 Å². The van der Waals surface area contributed by atoms with Crippen molar-refractivity contribution in [1.82, 2.24) is 15.2 Å². The van der Waals surface area contributed by atoms with E-state index in [9.17, 15) is 9.59 Å². The number of aliphatic hydroxyl groups is 1. The van der Waals surface area contributed by atoms with Gasteiger partial charge in [0.25, 0.3) is 11.8 Å². The maximum Gasteiger partial charge on any atom is 0.291 e. The molecule has 0 aliphatic rings. The van der Waals surface area contributed by atoms with Crippen molar-refractivity contribution in [3.05, 3.63) is 65.9 Å². The number of carbonyl (C=O) groups excluding carboxylic acids is 2. The summed E-state index contributed by atoms with van der Waals surface area (Å²) in [4.78, 5) is 25.0. The number of carbonyl (C=O) groups is 2. The Morgan fingerprint density at radius 1 is 1.21 bits per heavy atom. The van der Waals surface area contributed by atoms with E-state index >= 15 is 0 Å². The minimum absolute atomic E-state index is 0.0257. The number of aryl methyl sites for hydroxylation is 1. The van der Waals surface area contributed by atoms with Crippen LogP contribution in [0.2, 0.25) is 0 Å². The lowest BCUT2D eigenvalue weighted by Crippen LogP contribution is -2.35. The zero-order chi connectivity index (χ0) is 19.9. The fraction of sp³-hybridized carbons (Fsp3) is 0.238. The maximum atomic E-state index is 12.6. The van der Waals surface area contributed by atoms with Crippen molar-refractivity contribution in [3.8, 4) is 0 Å². The Morgan fingerprint density at radius 2 is 2.04 bits per heavy atom. The highest BCUT2D eigenvalue weighted by atomic mass is 16.3. The molecule has 0 atom stereocenters. The van der Waals surface area contributed by atoms with Crippen LogP contribution in [-0.2, 0) is 11.3 Å². The van der Waals surface area contributed by atoms with Crippen LogP contribution in [0.25, 0.3) is 17.0 Å². The van der Waals surface area contributed by atoms with Gasteiger partial charge in [-0.05, 0) is 37.6 Å². The van der Waals surface area contributed by atoms with Crippen molar-refractivity contribution < 1.29 is 19.1 Å². The lowest BCUT2D eigenvalue weighted by Gasteiger charge is -2.09. The summed E-state index contributed by atoms with van der Waals surface area (Å²) in [5.41, 5.74) is 1.98. The fourth-order valence-electron chi connectivity index (χ4n) is 2.93. The SMILES string of the molecule is CCn1cc(/C=C(\NC(=O)c2ccco2)C(=O)NCCCO)c2ccccc21. The molecule has 0 unspecified atom stereocenters. The van der Waals surface area contributed by atoms with Crippen LogP contribution in [0.5, 0.6) is 0 Å². The number of aliphatic hydroxyl groups excluding tert-OH is 1. The third-order valence-electron chi connectivity index (χ3n) is 4.32. The van der Waals surface area contributed by atoms with Crippen LogP contribution in [0.15, 0.2) is 59.0 Å². The van der Waals surface area contributed by atoms with E-state index in [-0.39, 0.29) is 18.1 Å². The molecule has 3 rings (SSSR count). The molecule has 146 valence electrons. The molecular weight excluding hydrogens is 358 g/mol. The van der Waals surface area contributed by atoms with Gasteiger partial charge in [0.2, 0.25) is 0 Å². The molecule has 7 nitrogen and oxygen atoms in total. The lowest BCUT2D eigenvalue weighted by molar-refractivity contribution is -0.117. The number of amides is 2. The summed E-state index contributed by atoms with van der Waals surface area (Å²) >= 11 is 0. The molecule has 28 heavy (non-hydrogen) atoms. The Kier molecular flexibility index (Phi) is 6.29. The molecule has 3 aromatic rings. The van der Waals surface area contributed by atoms with E-state index in [1.165, 1.54) is 12.3 Å². The second kappa shape index (κ2) is 9.05. The van der Waals surface area contributed by atoms with Gasteiger partial charge in [-0.25, -0.2) is 0 Å². The maximum absolute atomic E-state index is 12.6. The number of nitrogens with zero attached hydrogens (tertiary/aromatic N) is 1. The van der Waals surface area contributed by atoms with E-state index in [1.807, 2.05) is 37.4 Å². The number of nitrogens with one attached hydrogen (secondary N) is 2. The predicted molar refractivity (Wildman–Crippen MR) is 106 cm³/mol. The lowest BCUT2D eigenvalue weighted by atomic mass is 10.1. The normalized spacial score (nSPS) is 11.6. The average Bonchev–Trinajstić information content (AvgIpc) is 3.36. The van der Waals surface area contributed by atoms with Crippen molar-refractivity contribution in [2.45, 2.75) is 19.9 Å². The van der Waals surface area contributed by atoms with Gasteiger partial charge in [-0.15, -0.1) is 0 Å². The smallest absolute Gasteiger partial charge is 0.291 e. The highest BCUT2D eigenvalue weighted by molar-refractivity contribution is 6.05. The van der Waals surface area contributed by atoms with Crippen molar-refractivity contribution in [3.63, 3.8) is 0 Å². The highest BCUT2D eigenvalue weighted by Crippen LogP contribution is 2.23. The summed E-state index contributed by atoms with van der Waals surface area (Å²) in [7, 11) is 0. The summed E-state index contributed by atoms with van der Waals surface area (Å²) < 4.78 is 7.19. The Morgan fingerprint density at radius 3 is 2.75 bits per heavy atom. The van der Waals surface area contributed by atoms with Crippen LogP contribution in [0.3, 0.4) is 0 Å². The van der Waals surface area contributed by atoms with E-state index in [0.717, 1.165) is 23.0 Å². The molecule has 0 aliphatic carbocycles. The number of hydrogen-bond acceptors (Lipinski definition) is 4. The fourth-order valence-corrected chi connectivity index (χ4v) is 2.93. The van der Waals surface area contributed by atoms with E-state index in [4.69, 9.17) is 9.52 Å². The monoisotopic (exact) mass is 381 g/mol. The van der Waals surface area contributed by atoms with E-state index in [0.29, 0.717) is 13.0 Å². The topological polar surface area (TPSA) is 96.5 Å². The largest absolute Gasteiger partial charge is 0.459 e. The minimum Gasteiger partial charge on any atom is -0.459 e. The molecular formula is C21H23N3O4. The molecule has 3 N–H and O–H groups in total. The molecule has 2 amide bonds. The van der Waals surface area contributed by atoms with Crippen molar-refractivity contribution in [2.24, 2.45) is 0 Å². The van der Waals surface area contributed by atoms with Gasteiger partial charge in [-0.1, -0.05) is 18.2 Å². The number of fused-ring (bicyclic) bond motifs is 1. The summed E-state index contributed by atoms with van der Waals surface area (Å²) in [6, 6.07) is 11.0. The zero-order valence-corrected chi connectivity index (χ0v) is 15.6. The summed E-state index contributed by atoms with van der Waals surface area (Å²) in [6.07, 6.45) is 5.43. The molecule has 1 aromatic carbocycles. The summed E-state index contributed by atoms with van der Waals surface area (Å²) in [5.74, 6) is -0.820. The van der Waals surface area contributed by atoms with Gasteiger partial charge in [-0.2, -0.15) is 0 Å². The number of aromatic nitrogens is 1. The summed E-state index contributed by atoms with van der Waals surface area (Å²) in [6.45, 7) is 3.11. The molecule has 7 heteroatoms. The van der Waals surface area contributed by atoms with E-state index < -0.39 is 11.8 Å². The highest BCUT2D eigenvalue weighted by Gasteiger charge is 2.17. The molecule has 0 bridgehead atoms. The second-order valence-electron chi connectivity index (χ2n) is 6.21. The van der Waals surface area contributed by atoms with Gasteiger partial charge >= 0.3 is 0 Å². The molecule has 0 saturated heterocycles. The van der Waals surface area contributed by atoms with Gasteiger partial charge in [0, 0.05) is 42.4 Å². The zero-order valence-electron chi connectivity index (χ0n) is 15.6. The van der Waals surface area contributed by atoms with Crippen LogP contribution in [0.4, 0.5) is 0 Å². The minimum atomic E-state index is -0.507. The quantitative estimate of drug-likeness (QED) is 0.413. The first kappa shape index (κ1) is 19.4. The Hall–Kier alpha value is -3.32.